The summed E-state index contributed by atoms with van der Waals surface area (Å²) >= 11 is 0. The van der Waals surface area contributed by atoms with Gasteiger partial charge in [0.1, 0.15) is 6.54 Å². The van der Waals surface area contributed by atoms with E-state index in [1.165, 1.54) is 4.90 Å². The lowest BCUT2D eigenvalue weighted by atomic mass is 9.94. The van der Waals surface area contributed by atoms with Crippen molar-refractivity contribution in [3.8, 4) is 0 Å². The third kappa shape index (κ3) is 3.83. The van der Waals surface area contributed by atoms with Crippen LogP contribution in [0.15, 0.2) is 0 Å². The molecule has 0 aromatic rings. The van der Waals surface area contributed by atoms with E-state index < -0.39 is 5.97 Å². The number of hydrogen-bond donors (Lipinski definition) is 2. The minimum absolute atomic E-state index is 0.123. The zero-order valence-electron chi connectivity index (χ0n) is 11.6. The van der Waals surface area contributed by atoms with E-state index in [0.29, 0.717) is 5.92 Å². The molecule has 6 nitrogen and oxygen atoms in total. The highest BCUT2D eigenvalue weighted by Gasteiger charge is 2.35. The Balaban J connectivity index is 1.89. The predicted molar refractivity (Wildman–Crippen MR) is 71.0 cm³/mol. The van der Waals surface area contributed by atoms with Crippen molar-refractivity contribution in [2.24, 2.45) is 5.92 Å². The number of rotatable bonds is 4. The maximum Gasteiger partial charge on any atom is 0.323 e. The summed E-state index contributed by atoms with van der Waals surface area (Å²) in [6.45, 7) is 3.86. The van der Waals surface area contributed by atoms with Crippen LogP contribution in [0.4, 0.5) is 4.79 Å². The van der Waals surface area contributed by atoms with Crippen LogP contribution in [0, 0.1) is 5.92 Å². The third-order valence-corrected chi connectivity index (χ3v) is 3.97. The highest BCUT2D eigenvalue weighted by atomic mass is 16.4. The summed E-state index contributed by atoms with van der Waals surface area (Å²) in [5, 5.41) is 11.9. The van der Waals surface area contributed by atoms with Gasteiger partial charge in [-0.25, -0.2) is 4.79 Å². The molecule has 2 atom stereocenters. The molecule has 1 heterocycles. The second-order valence-corrected chi connectivity index (χ2v) is 5.84. The zero-order valence-corrected chi connectivity index (χ0v) is 11.6. The number of carbonyl (C=O) groups is 2. The largest absolute Gasteiger partial charge is 0.480 e. The molecule has 108 valence electrons. The van der Waals surface area contributed by atoms with E-state index in [2.05, 4.69) is 24.2 Å². The van der Waals surface area contributed by atoms with Crippen LogP contribution in [0.1, 0.15) is 26.2 Å². The Hall–Kier alpha value is -1.30. The Morgan fingerprint density at radius 2 is 2.05 bits per heavy atom. The topological polar surface area (TPSA) is 72.9 Å². The van der Waals surface area contributed by atoms with Crippen molar-refractivity contribution in [2.75, 3.05) is 26.7 Å². The number of carbonyl (C=O) groups excluding carboxylic acids is 1. The van der Waals surface area contributed by atoms with Gasteiger partial charge in [0.15, 0.2) is 0 Å². The van der Waals surface area contributed by atoms with E-state index in [0.717, 1.165) is 32.4 Å². The van der Waals surface area contributed by atoms with Crippen molar-refractivity contribution in [3.63, 3.8) is 0 Å². The van der Waals surface area contributed by atoms with E-state index >= 15 is 0 Å². The van der Waals surface area contributed by atoms with Gasteiger partial charge in [-0.1, -0.05) is 6.92 Å². The molecule has 0 aromatic heterocycles. The normalized spacial score (nSPS) is 27.9. The fourth-order valence-electron chi connectivity index (χ4n) is 2.71. The SMILES string of the molecule is CC1CN(C)CCC1NC(=O)N(CC(=O)O)C1CC1. The van der Waals surface area contributed by atoms with E-state index in [9.17, 15) is 9.59 Å². The fraction of sp³-hybridized carbons (Fsp3) is 0.846. The fourth-order valence-corrected chi connectivity index (χ4v) is 2.71. The van der Waals surface area contributed by atoms with Gasteiger partial charge in [-0.2, -0.15) is 0 Å². The number of aliphatic carboxylic acids is 1. The third-order valence-electron chi connectivity index (χ3n) is 3.97. The molecule has 1 saturated carbocycles. The number of urea groups is 1. The van der Waals surface area contributed by atoms with Crippen LogP contribution < -0.4 is 5.32 Å². The smallest absolute Gasteiger partial charge is 0.323 e. The molecule has 0 aromatic carbocycles. The van der Waals surface area contributed by atoms with Gasteiger partial charge >= 0.3 is 12.0 Å². The Morgan fingerprint density at radius 1 is 1.37 bits per heavy atom. The van der Waals surface area contributed by atoms with Crippen molar-refractivity contribution >= 4 is 12.0 Å². The van der Waals surface area contributed by atoms with E-state index in [-0.39, 0.29) is 24.7 Å². The summed E-state index contributed by atoms with van der Waals surface area (Å²) in [6.07, 6.45) is 2.77. The van der Waals surface area contributed by atoms with Crippen molar-refractivity contribution in [1.29, 1.82) is 0 Å². The summed E-state index contributed by atoms with van der Waals surface area (Å²) < 4.78 is 0. The molecule has 19 heavy (non-hydrogen) atoms. The van der Waals surface area contributed by atoms with Crippen molar-refractivity contribution < 1.29 is 14.7 Å². The van der Waals surface area contributed by atoms with Gasteiger partial charge in [0.25, 0.3) is 0 Å². The van der Waals surface area contributed by atoms with E-state index in [1.807, 2.05) is 0 Å². The molecule has 2 amide bonds. The van der Waals surface area contributed by atoms with Crippen molar-refractivity contribution in [3.05, 3.63) is 0 Å². The second kappa shape index (κ2) is 5.77. The molecule has 0 radical (unpaired) electrons. The summed E-state index contributed by atoms with van der Waals surface area (Å²) in [5.41, 5.74) is 0. The molecule has 2 aliphatic rings. The minimum atomic E-state index is -0.946. The second-order valence-electron chi connectivity index (χ2n) is 5.84. The Kier molecular flexibility index (Phi) is 4.29. The molecular weight excluding hydrogens is 246 g/mol. The number of carboxylic acids is 1. The van der Waals surface area contributed by atoms with Gasteiger partial charge < -0.3 is 20.2 Å². The number of amides is 2. The Labute approximate surface area is 113 Å². The zero-order chi connectivity index (χ0) is 14.0. The predicted octanol–water partition coefficient (Wildman–Crippen LogP) is 0.585. The lowest BCUT2D eigenvalue weighted by molar-refractivity contribution is -0.137. The van der Waals surface area contributed by atoms with Gasteiger partial charge in [0.2, 0.25) is 0 Å². The van der Waals surface area contributed by atoms with E-state index in [4.69, 9.17) is 5.11 Å². The summed E-state index contributed by atoms with van der Waals surface area (Å²) in [4.78, 5) is 26.7. The monoisotopic (exact) mass is 269 g/mol. The molecule has 6 heteroatoms. The molecule has 1 aliphatic carbocycles. The van der Waals surface area contributed by atoms with Crippen LogP contribution in [0.5, 0.6) is 0 Å². The number of nitrogens with zero attached hydrogens (tertiary/aromatic N) is 2. The first kappa shape index (κ1) is 14.1. The molecular formula is C13H23N3O3. The molecule has 1 aliphatic heterocycles. The highest BCUT2D eigenvalue weighted by molar-refractivity contribution is 5.80. The molecule has 2 rings (SSSR count). The van der Waals surface area contributed by atoms with E-state index in [1.54, 1.807) is 0 Å². The summed E-state index contributed by atoms with van der Waals surface area (Å²) in [5.74, 6) is -0.549. The lowest BCUT2D eigenvalue weighted by Crippen LogP contribution is -2.53. The average molecular weight is 269 g/mol. The van der Waals surface area contributed by atoms with Crippen LogP contribution in [0.25, 0.3) is 0 Å². The first-order chi connectivity index (χ1) is 8.97. The Morgan fingerprint density at radius 3 is 2.58 bits per heavy atom. The van der Waals surface area contributed by atoms with Crippen LogP contribution >= 0.6 is 0 Å². The standard InChI is InChI=1S/C13H23N3O3/c1-9-7-15(2)6-5-11(9)14-13(19)16(8-12(17)18)10-3-4-10/h9-11H,3-8H2,1-2H3,(H,14,19)(H,17,18). The minimum Gasteiger partial charge on any atom is -0.480 e. The summed E-state index contributed by atoms with van der Waals surface area (Å²) in [7, 11) is 2.08. The molecule has 2 fully saturated rings. The molecule has 2 N–H and O–H groups in total. The van der Waals surface area contributed by atoms with Crippen LogP contribution in [0.3, 0.4) is 0 Å². The van der Waals surface area contributed by atoms with Crippen LogP contribution in [-0.4, -0.2) is 65.7 Å². The Bertz CT molecular complexity index is 357. The first-order valence-corrected chi connectivity index (χ1v) is 6.95. The first-order valence-electron chi connectivity index (χ1n) is 6.95. The van der Waals surface area contributed by atoms with Gasteiger partial charge in [0, 0.05) is 18.6 Å². The number of carboxylic acid groups (broad SMARTS) is 1. The lowest BCUT2D eigenvalue weighted by Gasteiger charge is -2.36. The number of piperidine rings is 1. The van der Waals surface area contributed by atoms with Crippen LogP contribution in [0.2, 0.25) is 0 Å². The highest BCUT2D eigenvalue weighted by Crippen LogP contribution is 2.27. The maximum absolute atomic E-state index is 12.2. The molecule has 1 saturated heterocycles. The number of likely N-dealkylation sites (tertiary alicyclic amines) is 1. The maximum atomic E-state index is 12.2. The van der Waals surface area contributed by atoms with Gasteiger partial charge in [0.05, 0.1) is 0 Å². The van der Waals surface area contributed by atoms with Gasteiger partial charge in [-0.15, -0.1) is 0 Å². The average Bonchev–Trinajstić information content (AvgIpc) is 3.13. The molecule has 2 unspecified atom stereocenters. The van der Waals surface area contributed by atoms with Gasteiger partial charge in [-0.05, 0) is 38.8 Å². The molecule has 0 bridgehead atoms. The number of hydrogen-bond acceptors (Lipinski definition) is 3. The van der Waals surface area contributed by atoms with Crippen LogP contribution in [-0.2, 0) is 4.79 Å². The quantitative estimate of drug-likeness (QED) is 0.783. The summed E-state index contributed by atoms with van der Waals surface area (Å²) in [6, 6.07) is 0.0581. The van der Waals surface area contributed by atoms with Crippen molar-refractivity contribution in [1.82, 2.24) is 15.1 Å². The van der Waals surface area contributed by atoms with Gasteiger partial charge in [-0.3, -0.25) is 4.79 Å². The molecule has 0 spiro atoms. The van der Waals surface area contributed by atoms with Crippen molar-refractivity contribution in [2.45, 2.75) is 38.3 Å². The number of nitrogens with one attached hydrogen (secondary N) is 1.